The number of rotatable bonds is 4. The van der Waals surface area contributed by atoms with E-state index in [1.54, 1.807) is 28.2 Å². The first-order valence-corrected chi connectivity index (χ1v) is 7.56. The van der Waals surface area contributed by atoms with E-state index in [1.165, 1.54) is 6.20 Å². The molecule has 0 radical (unpaired) electrons. The molecule has 0 bridgehead atoms. The third-order valence-electron chi connectivity index (χ3n) is 3.76. The summed E-state index contributed by atoms with van der Waals surface area (Å²) in [6.07, 6.45) is 3.18. The van der Waals surface area contributed by atoms with Crippen LogP contribution in [0.1, 0.15) is 53.4 Å². The summed E-state index contributed by atoms with van der Waals surface area (Å²) in [6.45, 7) is 6.00. The molecular formula is C17H22N4O3. The number of carbonyl (C=O) groups excluding carboxylic acids is 2. The third-order valence-corrected chi connectivity index (χ3v) is 3.76. The molecule has 2 aromatic rings. The van der Waals surface area contributed by atoms with E-state index >= 15 is 0 Å². The molecule has 2 heterocycles. The molecule has 0 aliphatic rings. The highest BCUT2D eigenvalue weighted by atomic mass is 16.5. The van der Waals surface area contributed by atoms with Crippen molar-refractivity contribution in [1.29, 1.82) is 0 Å². The number of carbonyl (C=O) groups is 2. The van der Waals surface area contributed by atoms with E-state index < -0.39 is 5.91 Å². The lowest BCUT2D eigenvalue weighted by Crippen LogP contribution is -2.38. The van der Waals surface area contributed by atoms with Gasteiger partial charge in [0.25, 0.3) is 11.8 Å². The Morgan fingerprint density at radius 1 is 1.21 bits per heavy atom. The summed E-state index contributed by atoms with van der Waals surface area (Å²) in [6, 6.07) is 6.44. The lowest BCUT2D eigenvalue weighted by atomic mass is 9.84. The summed E-state index contributed by atoms with van der Waals surface area (Å²) in [5, 5.41) is 11.7. The third kappa shape index (κ3) is 3.80. The fourth-order valence-electron chi connectivity index (χ4n) is 2.41. The zero-order valence-electron chi connectivity index (χ0n) is 14.2. The van der Waals surface area contributed by atoms with Crippen molar-refractivity contribution in [3.8, 4) is 0 Å². The van der Waals surface area contributed by atoms with Gasteiger partial charge in [0.2, 0.25) is 0 Å². The molecule has 0 fully saturated rings. The Balaban J connectivity index is 2.28. The van der Waals surface area contributed by atoms with Gasteiger partial charge < -0.3 is 9.88 Å². The van der Waals surface area contributed by atoms with Gasteiger partial charge in [0.05, 0.1) is 17.3 Å². The standard InChI is InChI=1S/C17H22N4O3/c1-17(2,3)14(19-16(23)13-6-5-9-21(13)4)12-8-7-11(10-18-12)15(22)20-24/h5-10,14,24H,1-4H3,(H,19,23)(H,20,22). The molecule has 7 nitrogen and oxygen atoms in total. The molecule has 0 aliphatic carbocycles. The minimum Gasteiger partial charge on any atom is -0.347 e. The van der Waals surface area contributed by atoms with Crippen molar-refractivity contribution < 1.29 is 14.8 Å². The predicted molar refractivity (Wildman–Crippen MR) is 88.6 cm³/mol. The van der Waals surface area contributed by atoms with E-state index in [0.717, 1.165) is 0 Å². The van der Waals surface area contributed by atoms with Gasteiger partial charge in [0.15, 0.2) is 0 Å². The van der Waals surface area contributed by atoms with Crippen LogP contribution in [-0.2, 0) is 7.05 Å². The van der Waals surface area contributed by atoms with Crippen LogP contribution in [0.3, 0.4) is 0 Å². The zero-order valence-corrected chi connectivity index (χ0v) is 14.2. The number of nitrogens with zero attached hydrogens (tertiary/aromatic N) is 2. The molecular weight excluding hydrogens is 308 g/mol. The van der Waals surface area contributed by atoms with Crippen molar-refractivity contribution in [2.75, 3.05) is 0 Å². The second kappa shape index (κ2) is 6.84. The molecule has 0 aromatic carbocycles. The van der Waals surface area contributed by atoms with Gasteiger partial charge in [-0.2, -0.15) is 0 Å². The highest BCUT2D eigenvalue weighted by molar-refractivity contribution is 5.93. The monoisotopic (exact) mass is 330 g/mol. The molecule has 0 saturated heterocycles. The van der Waals surface area contributed by atoms with Gasteiger partial charge in [-0.3, -0.25) is 19.8 Å². The Bertz CT molecular complexity index is 729. The Kier molecular flexibility index (Phi) is 5.04. The molecule has 0 spiro atoms. The largest absolute Gasteiger partial charge is 0.347 e. The number of aryl methyl sites for hydroxylation is 1. The Morgan fingerprint density at radius 2 is 1.92 bits per heavy atom. The first-order chi connectivity index (χ1) is 11.2. The Hall–Kier alpha value is -2.67. The highest BCUT2D eigenvalue weighted by Gasteiger charge is 2.30. The minimum atomic E-state index is -0.630. The SMILES string of the molecule is Cn1cccc1C(=O)NC(c1ccc(C(=O)NO)cn1)C(C)(C)C. The average molecular weight is 330 g/mol. The summed E-state index contributed by atoms with van der Waals surface area (Å²) < 4.78 is 1.75. The van der Waals surface area contributed by atoms with E-state index in [4.69, 9.17) is 5.21 Å². The van der Waals surface area contributed by atoms with Crippen molar-refractivity contribution in [3.05, 3.63) is 53.6 Å². The number of aromatic nitrogens is 2. The van der Waals surface area contributed by atoms with Crippen LogP contribution in [0.5, 0.6) is 0 Å². The Morgan fingerprint density at radius 3 is 2.38 bits per heavy atom. The van der Waals surface area contributed by atoms with Crippen LogP contribution < -0.4 is 10.8 Å². The van der Waals surface area contributed by atoms with E-state index in [9.17, 15) is 9.59 Å². The van der Waals surface area contributed by atoms with Crippen LogP contribution in [0.2, 0.25) is 0 Å². The second-order valence-corrected chi connectivity index (χ2v) is 6.69. The summed E-state index contributed by atoms with van der Waals surface area (Å²) >= 11 is 0. The molecule has 0 saturated carbocycles. The molecule has 7 heteroatoms. The zero-order chi connectivity index (χ0) is 17.9. The molecule has 1 unspecified atom stereocenters. The number of hydrogen-bond acceptors (Lipinski definition) is 4. The molecule has 128 valence electrons. The Labute approximate surface area is 140 Å². The second-order valence-electron chi connectivity index (χ2n) is 6.69. The summed E-state index contributed by atoms with van der Waals surface area (Å²) in [5.74, 6) is -0.824. The normalized spacial score (nSPS) is 12.5. The van der Waals surface area contributed by atoms with Crippen LogP contribution in [-0.4, -0.2) is 26.6 Å². The summed E-state index contributed by atoms with van der Waals surface area (Å²) in [5.41, 5.74) is 2.72. The fraction of sp³-hybridized carbons (Fsp3) is 0.353. The molecule has 2 amide bonds. The van der Waals surface area contributed by atoms with E-state index in [2.05, 4.69) is 10.3 Å². The molecule has 3 N–H and O–H groups in total. The van der Waals surface area contributed by atoms with Crippen LogP contribution in [0, 0.1) is 5.41 Å². The van der Waals surface area contributed by atoms with Gasteiger partial charge in [-0.25, -0.2) is 5.48 Å². The number of nitrogens with one attached hydrogen (secondary N) is 2. The van der Waals surface area contributed by atoms with Gasteiger partial charge in [-0.1, -0.05) is 20.8 Å². The fourth-order valence-corrected chi connectivity index (χ4v) is 2.41. The molecule has 1 atom stereocenters. The number of hydroxylamine groups is 1. The van der Waals surface area contributed by atoms with Crippen LogP contribution in [0.15, 0.2) is 36.7 Å². The number of pyridine rings is 1. The average Bonchev–Trinajstić information content (AvgIpc) is 2.97. The van der Waals surface area contributed by atoms with E-state index in [1.807, 2.05) is 40.1 Å². The van der Waals surface area contributed by atoms with Crippen molar-refractivity contribution >= 4 is 11.8 Å². The maximum absolute atomic E-state index is 12.5. The smallest absolute Gasteiger partial charge is 0.276 e. The number of hydrogen-bond donors (Lipinski definition) is 3. The van der Waals surface area contributed by atoms with Gasteiger partial charge in [0.1, 0.15) is 5.69 Å². The maximum Gasteiger partial charge on any atom is 0.276 e. The van der Waals surface area contributed by atoms with Crippen LogP contribution in [0.4, 0.5) is 0 Å². The molecule has 2 aromatic heterocycles. The summed E-state index contributed by atoms with van der Waals surface area (Å²) in [7, 11) is 1.81. The van der Waals surface area contributed by atoms with Gasteiger partial charge in [0, 0.05) is 19.4 Å². The van der Waals surface area contributed by atoms with Crippen molar-refractivity contribution in [2.45, 2.75) is 26.8 Å². The van der Waals surface area contributed by atoms with Gasteiger partial charge in [-0.15, -0.1) is 0 Å². The predicted octanol–water partition coefficient (Wildman–Crippen LogP) is 2.06. The van der Waals surface area contributed by atoms with Gasteiger partial charge >= 0.3 is 0 Å². The maximum atomic E-state index is 12.5. The lowest BCUT2D eigenvalue weighted by molar-refractivity contribution is 0.0705. The summed E-state index contributed by atoms with van der Waals surface area (Å²) in [4.78, 5) is 28.2. The van der Waals surface area contributed by atoms with Crippen LogP contribution in [0.25, 0.3) is 0 Å². The minimum absolute atomic E-state index is 0.193. The first kappa shape index (κ1) is 17.7. The van der Waals surface area contributed by atoms with Crippen molar-refractivity contribution in [3.63, 3.8) is 0 Å². The highest BCUT2D eigenvalue weighted by Crippen LogP contribution is 2.32. The van der Waals surface area contributed by atoms with E-state index in [0.29, 0.717) is 11.4 Å². The first-order valence-electron chi connectivity index (χ1n) is 7.56. The molecule has 2 rings (SSSR count). The topological polar surface area (TPSA) is 96.2 Å². The quantitative estimate of drug-likeness (QED) is 0.590. The van der Waals surface area contributed by atoms with Crippen LogP contribution >= 0.6 is 0 Å². The van der Waals surface area contributed by atoms with Crippen molar-refractivity contribution in [2.24, 2.45) is 12.5 Å². The number of amides is 2. The molecule has 0 aliphatic heterocycles. The van der Waals surface area contributed by atoms with Crippen molar-refractivity contribution in [1.82, 2.24) is 20.3 Å². The van der Waals surface area contributed by atoms with Gasteiger partial charge in [-0.05, 0) is 29.7 Å². The van der Waals surface area contributed by atoms with E-state index in [-0.39, 0.29) is 22.9 Å². The lowest BCUT2D eigenvalue weighted by Gasteiger charge is -2.31. The molecule has 24 heavy (non-hydrogen) atoms.